The average molecular weight is 470 g/mol. The van der Waals surface area contributed by atoms with Crippen molar-refractivity contribution in [2.75, 3.05) is 20.7 Å². The molecule has 2 rings (SSSR count). The van der Waals surface area contributed by atoms with Crippen LogP contribution in [0.25, 0.3) is 0 Å². The zero-order valence-electron chi connectivity index (χ0n) is 15.5. The number of sulfonamides is 1. The Labute approximate surface area is 172 Å². The SMILES string of the molecule is COc1ccc(Br)c(C(=O)NNC(=O)CN(C)S(=O)(=O)c2ccc(C)cc2)c1. The van der Waals surface area contributed by atoms with Crippen molar-refractivity contribution in [1.29, 1.82) is 0 Å². The van der Waals surface area contributed by atoms with Gasteiger partial charge in [-0.15, -0.1) is 0 Å². The standard InChI is InChI=1S/C18H20BrN3O5S/c1-12-4-7-14(8-5-12)28(25,26)22(2)11-17(23)20-21-18(24)15-10-13(27-3)6-9-16(15)19/h4-10H,11H2,1-3H3,(H,20,23)(H,21,24). The predicted molar refractivity (Wildman–Crippen MR) is 107 cm³/mol. The summed E-state index contributed by atoms with van der Waals surface area (Å²) < 4.78 is 31.5. The molecule has 0 atom stereocenters. The minimum absolute atomic E-state index is 0.0812. The predicted octanol–water partition coefficient (Wildman–Crippen LogP) is 1.85. The molecule has 2 aromatic rings. The van der Waals surface area contributed by atoms with Crippen molar-refractivity contribution in [3.63, 3.8) is 0 Å². The Morgan fingerprint density at radius 2 is 1.75 bits per heavy atom. The normalized spacial score (nSPS) is 11.2. The van der Waals surface area contributed by atoms with Gasteiger partial charge in [-0.3, -0.25) is 20.4 Å². The summed E-state index contributed by atoms with van der Waals surface area (Å²) >= 11 is 3.25. The quantitative estimate of drug-likeness (QED) is 0.628. The highest BCUT2D eigenvalue weighted by molar-refractivity contribution is 9.10. The summed E-state index contributed by atoms with van der Waals surface area (Å²) in [5.41, 5.74) is 5.62. The second-order valence-electron chi connectivity index (χ2n) is 5.92. The zero-order chi connectivity index (χ0) is 20.9. The first-order chi connectivity index (χ1) is 13.1. The summed E-state index contributed by atoms with van der Waals surface area (Å²) in [5, 5.41) is 0. The molecule has 0 saturated heterocycles. The van der Waals surface area contributed by atoms with Gasteiger partial charge in [0.25, 0.3) is 11.8 Å². The lowest BCUT2D eigenvalue weighted by Crippen LogP contribution is -2.46. The van der Waals surface area contributed by atoms with Gasteiger partial charge in [0.1, 0.15) is 5.75 Å². The van der Waals surface area contributed by atoms with E-state index in [0.717, 1.165) is 9.87 Å². The average Bonchev–Trinajstić information content (AvgIpc) is 2.66. The molecule has 0 bridgehead atoms. The molecule has 8 nitrogen and oxygen atoms in total. The van der Waals surface area contributed by atoms with Gasteiger partial charge in [0.15, 0.2) is 0 Å². The van der Waals surface area contributed by atoms with Crippen LogP contribution in [0, 0.1) is 6.92 Å². The third-order valence-corrected chi connectivity index (χ3v) is 6.34. The van der Waals surface area contributed by atoms with E-state index in [1.165, 1.54) is 32.4 Å². The van der Waals surface area contributed by atoms with E-state index >= 15 is 0 Å². The molecule has 0 unspecified atom stereocenters. The molecule has 150 valence electrons. The Balaban J connectivity index is 1.98. The number of amides is 2. The van der Waals surface area contributed by atoms with Crippen LogP contribution in [0.3, 0.4) is 0 Å². The molecular weight excluding hydrogens is 450 g/mol. The Morgan fingerprint density at radius 3 is 2.36 bits per heavy atom. The lowest BCUT2D eigenvalue weighted by Gasteiger charge is -2.17. The molecule has 10 heteroatoms. The number of rotatable bonds is 6. The number of ether oxygens (including phenoxy) is 1. The monoisotopic (exact) mass is 469 g/mol. The third kappa shape index (κ3) is 5.31. The van der Waals surface area contributed by atoms with Crippen LogP contribution in [-0.2, 0) is 14.8 Å². The van der Waals surface area contributed by atoms with E-state index in [9.17, 15) is 18.0 Å². The van der Waals surface area contributed by atoms with Gasteiger partial charge in [-0.2, -0.15) is 4.31 Å². The largest absolute Gasteiger partial charge is 0.497 e. The second kappa shape index (κ2) is 9.18. The molecule has 28 heavy (non-hydrogen) atoms. The molecule has 2 aromatic carbocycles. The number of hydrogen-bond acceptors (Lipinski definition) is 5. The number of nitrogens with zero attached hydrogens (tertiary/aromatic N) is 1. The molecule has 0 saturated carbocycles. The van der Waals surface area contributed by atoms with E-state index in [0.29, 0.717) is 10.2 Å². The lowest BCUT2D eigenvalue weighted by atomic mass is 10.2. The maximum Gasteiger partial charge on any atom is 0.270 e. The van der Waals surface area contributed by atoms with Crippen LogP contribution in [0.1, 0.15) is 15.9 Å². The van der Waals surface area contributed by atoms with E-state index in [1.807, 2.05) is 6.92 Å². The molecule has 0 fully saturated rings. The highest BCUT2D eigenvalue weighted by Crippen LogP contribution is 2.22. The fraction of sp³-hybridized carbons (Fsp3) is 0.222. The van der Waals surface area contributed by atoms with Crippen LogP contribution in [0.4, 0.5) is 0 Å². The molecule has 0 aliphatic heterocycles. The van der Waals surface area contributed by atoms with Crippen molar-refractivity contribution in [2.24, 2.45) is 0 Å². The zero-order valence-corrected chi connectivity index (χ0v) is 17.9. The van der Waals surface area contributed by atoms with Crippen molar-refractivity contribution in [1.82, 2.24) is 15.2 Å². The number of carbonyl (C=O) groups is 2. The summed E-state index contributed by atoms with van der Waals surface area (Å²) in [4.78, 5) is 24.4. The molecule has 2 N–H and O–H groups in total. The number of benzene rings is 2. The van der Waals surface area contributed by atoms with Gasteiger partial charge in [-0.25, -0.2) is 8.42 Å². The number of nitrogens with one attached hydrogen (secondary N) is 2. The van der Waals surface area contributed by atoms with Gasteiger partial charge in [-0.1, -0.05) is 17.7 Å². The van der Waals surface area contributed by atoms with Crippen molar-refractivity contribution >= 4 is 37.8 Å². The fourth-order valence-electron chi connectivity index (χ4n) is 2.22. The summed E-state index contributed by atoms with van der Waals surface area (Å²) in [7, 11) is -1.07. The van der Waals surface area contributed by atoms with Gasteiger partial charge in [0, 0.05) is 11.5 Å². The van der Waals surface area contributed by atoms with Crippen molar-refractivity contribution in [3.8, 4) is 5.75 Å². The van der Waals surface area contributed by atoms with Crippen LogP contribution in [-0.4, -0.2) is 45.2 Å². The Kier molecular flexibility index (Phi) is 7.17. The molecule has 0 radical (unpaired) electrons. The fourth-order valence-corrected chi connectivity index (χ4v) is 3.77. The van der Waals surface area contributed by atoms with Crippen LogP contribution < -0.4 is 15.6 Å². The van der Waals surface area contributed by atoms with Crippen molar-refractivity contribution < 1.29 is 22.7 Å². The van der Waals surface area contributed by atoms with Crippen LogP contribution >= 0.6 is 15.9 Å². The summed E-state index contributed by atoms with van der Waals surface area (Å²) in [6, 6.07) is 11.1. The number of halogens is 1. The molecule has 2 amide bonds. The number of hydrogen-bond donors (Lipinski definition) is 2. The van der Waals surface area contributed by atoms with Crippen molar-refractivity contribution in [2.45, 2.75) is 11.8 Å². The maximum atomic E-state index is 12.5. The minimum Gasteiger partial charge on any atom is -0.497 e. The van der Waals surface area contributed by atoms with Gasteiger partial charge >= 0.3 is 0 Å². The number of carbonyl (C=O) groups excluding carboxylic acids is 2. The topological polar surface area (TPSA) is 105 Å². The van der Waals surface area contributed by atoms with Crippen LogP contribution in [0.15, 0.2) is 51.8 Å². The number of likely N-dealkylation sites (N-methyl/N-ethyl adjacent to an activating group) is 1. The molecule has 0 aliphatic rings. The number of aryl methyl sites for hydroxylation is 1. The van der Waals surface area contributed by atoms with Crippen LogP contribution in [0.2, 0.25) is 0 Å². The van der Waals surface area contributed by atoms with E-state index in [2.05, 4.69) is 26.8 Å². The number of hydrazine groups is 1. The van der Waals surface area contributed by atoms with Crippen LogP contribution in [0.5, 0.6) is 5.75 Å². The first kappa shape index (κ1) is 21.9. The second-order valence-corrected chi connectivity index (χ2v) is 8.82. The van der Waals surface area contributed by atoms with E-state index < -0.39 is 28.4 Å². The Bertz CT molecular complexity index is 977. The number of methoxy groups -OCH3 is 1. The minimum atomic E-state index is -3.82. The first-order valence-corrected chi connectivity index (χ1v) is 10.3. The van der Waals surface area contributed by atoms with Gasteiger partial charge < -0.3 is 4.74 Å². The smallest absolute Gasteiger partial charge is 0.270 e. The van der Waals surface area contributed by atoms with E-state index in [-0.39, 0.29) is 10.5 Å². The maximum absolute atomic E-state index is 12.5. The van der Waals surface area contributed by atoms with Gasteiger partial charge in [-0.05, 0) is 53.2 Å². The van der Waals surface area contributed by atoms with Crippen molar-refractivity contribution in [3.05, 3.63) is 58.1 Å². The Morgan fingerprint density at radius 1 is 1.11 bits per heavy atom. The van der Waals surface area contributed by atoms with E-state index in [1.54, 1.807) is 24.3 Å². The molecule has 0 spiro atoms. The van der Waals surface area contributed by atoms with Gasteiger partial charge in [0.05, 0.1) is 24.1 Å². The highest BCUT2D eigenvalue weighted by Gasteiger charge is 2.23. The van der Waals surface area contributed by atoms with E-state index in [4.69, 9.17) is 4.74 Å². The summed E-state index contributed by atoms with van der Waals surface area (Å²) in [6.07, 6.45) is 0. The first-order valence-electron chi connectivity index (χ1n) is 8.11. The molecular formula is C18H20BrN3O5S. The molecule has 0 aliphatic carbocycles. The Hall–Kier alpha value is -2.43. The summed E-state index contributed by atoms with van der Waals surface area (Å²) in [6.45, 7) is 1.38. The third-order valence-electron chi connectivity index (χ3n) is 3.83. The summed E-state index contributed by atoms with van der Waals surface area (Å²) in [5.74, 6) is -0.794. The molecule has 0 aromatic heterocycles. The molecule has 0 heterocycles. The van der Waals surface area contributed by atoms with Gasteiger partial charge in [0.2, 0.25) is 10.0 Å². The highest BCUT2D eigenvalue weighted by atomic mass is 79.9. The lowest BCUT2D eigenvalue weighted by molar-refractivity contribution is -0.121.